The maximum Gasteiger partial charge on any atom is 0.268 e. The Balaban J connectivity index is 0.00000743. The number of fused-ring (bicyclic) bond motifs is 13. The van der Waals surface area contributed by atoms with Gasteiger partial charge in [0, 0.05) is 55.1 Å². The van der Waals surface area contributed by atoms with Gasteiger partial charge in [0.15, 0.2) is 0 Å². The number of aromatic nitrogens is 4. The zero-order valence-corrected chi connectivity index (χ0v) is 58.1. The van der Waals surface area contributed by atoms with Gasteiger partial charge in [-0.15, -0.1) is 29.7 Å². The van der Waals surface area contributed by atoms with Crippen LogP contribution in [0.5, 0.6) is 11.5 Å². The number of furan rings is 1. The largest absolute Gasteiger partial charge is 0.510 e. The fraction of sp³-hybridized carbons (Fsp3) is 0.182. The number of hydrogen-bond donors (Lipinski definition) is 0. The SMILES string of the molecule is CC(C)(C)c1ccc(-c2ccc3c(c2)-c2cccc(-c4cc(C(C)(C)C)cc(C(C)(C)C)c4)c2-[n+]2[c-]n(-c4[c-]c(Oc5[c-]c6c(cc5)c5ccccc5n6-c5cc(C(C)(C)C)ccn5)ccc4)c4cc(-c5ccc6oc7ccccc7c6c5)cc(c42)-c2ccccc2-3)cc1.[Pt]. The van der Waals surface area contributed by atoms with Crippen LogP contribution in [0.4, 0.5) is 0 Å². The second-order valence-electron chi connectivity index (χ2n) is 29.7. The second kappa shape index (κ2) is 22.7. The molecule has 0 radical (unpaired) electrons. The number of ether oxygens (including phenoxy) is 1. The van der Waals surface area contributed by atoms with E-state index in [0.717, 1.165) is 139 Å². The maximum atomic E-state index is 6.99. The number of imidazole rings is 1. The quantitative estimate of drug-likeness (QED) is 0.118. The van der Waals surface area contributed by atoms with Gasteiger partial charge in [0.2, 0.25) is 0 Å². The van der Waals surface area contributed by atoms with Gasteiger partial charge in [-0.2, -0.15) is 18.2 Å². The number of nitrogens with zero attached hydrogens (tertiary/aromatic N) is 4. The third-order valence-corrected chi connectivity index (χ3v) is 19.2. The van der Waals surface area contributed by atoms with Gasteiger partial charge in [-0.3, -0.25) is 4.57 Å². The van der Waals surface area contributed by atoms with Gasteiger partial charge in [0.1, 0.15) is 17.0 Å². The van der Waals surface area contributed by atoms with Gasteiger partial charge in [0.25, 0.3) is 6.33 Å². The Morgan fingerprint density at radius 2 is 0.989 bits per heavy atom. The monoisotopic (exact) mass is 1410 g/mol. The number of benzene rings is 11. The Bertz CT molecular complexity index is 5540. The summed E-state index contributed by atoms with van der Waals surface area (Å²) in [5.41, 5.74) is 25.5. The molecule has 16 rings (SSSR count). The molecule has 0 spiro atoms. The summed E-state index contributed by atoms with van der Waals surface area (Å²) in [5, 5.41) is 4.33. The van der Waals surface area contributed by atoms with Crippen LogP contribution in [0.15, 0.2) is 235 Å². The van der Waals surface area contributed by atoms with Crippen molar-refractivity contribution in [2.45, 2.75) is 105 Å². The third-order valence-electron chi connectivity index (χ3n) is 19.2. The standard InChI is InChI=1S/C88H74N4O2.Pt/c1-85(2,3)59-35-31-54(32-36-59)55-33-38-69-67-23-13-14-24-68(67)76-47-57(56-34-40-81-75(46-56)72-26-16-18-30-80(72)94-81)48-79-84(76)91(83-66(27-20-28-73(83)74(69)45-55)58-43-61(87(7,8)9)49-62(44-58)88(10,11)12)53-90(79)63-21-19-22-64(51-63)93-65-37-39-71-70-25-15-17-29-77(70)92(78(71)52-65)82-50-60(41-42-89-82)86(4,5)6;/h13-50H,1-12H3;/q-2;. The Morgan fingerprint density at radius 3 is 1.74 bits per heavy atom. The molecule has 0 saturated heterocycles. The second-order valence-corrected chi connectivity index (χ2v) is 29.7. The van der Waals surface area contributed by atoms with Gasteiger partial charge in [0.05, 0.1) is 16.7 Å². The van der Waals surface area contributed by atoms with Crippen LogP contribution in [0.1, 0.15) is 105 Å². The minimum Gasteiger partial charge on any atom is -0.510 e. The van der Waals surface area contributed by atoms with Crippen molar-refractivity contribution < 1.29 is 34.8 Å². The zero-order chi connectivity index (χ0) is 64.7. The molecule has 1 aliphatic heterocycles. The molecule has 0 bridgehead atoms. The van der Waals surface area contributed by atoms with Crippen LogP contribution in [0, 0.1) is 18.5 Å². The van der Waals surface area contributed by atoms with Crippen LogP contribution in [-0.4, -0.2) is 14.1 Å². The molecule has 0 amide bonds. The van der Waals surface area contributed by atoms with E-state index in [1.807, 2.05) is 30.5 Å². The predicted octanol–water partition coefficient (Wildman–Crippen LogP) is 23.0. The van der Waals surface area contributed by atoms with Crippen molar-refractivity contribution >= 4 is 54.8 Å². The van der Waals surface area contributed by atoms with E-state index < -0.39 is 0 Å². The first-order valence-corrected chi connectivity index (χ1v) is 32.8. The molecule has 0 unspecified atom stereocenters. The summed E-state index contributed by atoms with van der Waals surface area (Å²) in [6.45, 7) is 27.5. The van der Waals surface area contributed by atoms with Crippen molar-refractivity contribution in [3.63, 3.8) is 0 Å². The molecule has 0 atom stereocenters. The van der Waals surface area contributed by atoms with Crippen molar-refractivity contribution in [2.24, 2.45) is 0 Å². The summed E-state index contributed by atoms with van der Waals surface area (Å²) in [6, 6.07) is 89.7. The Morgan fingerprint density at radius 1 is 0.389 bits per heavy atom. The maximum absolute atomic E-state index is 6.99. The average Bonchev–Trinajstić information content (AvgIpc) is 1.60. The molecule has 0 N–H and O–H groups in total. The van der Waals surface area contributed by atoms with Crippen LogP contribution < -0.4 is 9.30 Å². The normalized spacial score (nSPS) is 12.5. The van der Waals surface area contributed by atoms with Crippen molar-refractivity contribution in [1.82, 2.24) is 14.1 Å². The Labute approximate surface area is 571 Å². The summed E-state index contributed by atoms with van der Waals surface area (Å²) in [6.07, 6.45) is 6.05. The van der Waals surface area contributed by atoms with Crippen LogP contribution in [-0.2, 0) is 42.7 Å². The fourth-order valence-electron chi connectivity index (χ4n) is 14.0. The molecule has 4 aromatic heterocycles. The third kappa shape index (κ3) is 10.7. The molecule has 0 saturated carbocycles. The predicted molar refractivity (Wildman–Crippen MR) is 388 cm³/mol. The zero-order valence-electron chi connectivity index (χ0n) is 55.9. The number of rotatable bonds is 7. The first-order chi connectivity index (χ1) is 45.1. The van der Waals surface area contributed by atoms with Crippen molar-refractivity contribution in [2.75, 3.05) is 0 Å². The van der Waals surface area contributed by atoms with Gasteiger partial charge >= 0.3 is 0 Å². The molecule has 6 nitrogen and oxygen atoms in total. The first kappa shape index (κ1) is 61.3. The van der Waals surface area contributed by atoms with E-state index in [0.29, 0.717) is 11.5 Å². The van der Waals surface area contributed by atoms with Crippen LogP contribution >= 0.6 is 0 Å². The van der Waals surface area contributed by atoms with E-state index in [1.165, 1.54) is 22.3 Å². The number of pyridine rings is 1. The molecule has 15 aromatic rings. The molecule has 470 valence electrons. The van der Waals surface area contributed by atoms with Crippen LogP contribution in [0.2, 0.25) is 0 Å². The average molecular weight is 1410 g/mol. The van der Waals surface area contributed by atoms with Gasteiger partial charge in [-0.05, 0) is 170 Å². The molecule has 0 aliphatic carbocycles. The topological polar surface area (TPSA) is 49.0 Å². The molecule has 1 aliphatic rings. The molecule has 11 aromatic carbocycles. The van der Waals surface area contributed by atoms with Gasteiger partial charge in [-0.1, -0.05) is 234 Å². The summed E-state index contributed by atoms with van der Waals surface area (Å²) in [4.78, 5) is 4.96. The van der Waals surface area contributed by atoms with Crippen LogP contribution in [0.3, 0.4) is 0 Å². The summed E-state index contributed by atoms with van der Waals surface area (Å²) >= 11 is 0. The van der Waals surface area contributed by atoms with E-state index >= 15 is 0 Å². The van der Waals surface area contributed by atoms with E-state index in [-0.39, 0.29) is 42.7 Å². The van der Waals surface area contributed by atoms with Gasteiger partial charge in [-0.25, -0.2) is 4.98 Å². The first-order valence-electron chi connectivity index (χ1n) is 32.8. The van der Waals surface area contributed by atoms with Crippen molar-refractivity contribution in [3.8, 4) is 95.5 Å². The fourth-order valence-corrected chi connectivity index (χ4v) is 14.0. The van der Waals surface area contributed by atoms with Crippen LogP contribution in [0.25, 0.3) is 139 Å². The Kier molecular flexibility index (Phi) is 14.6. The van der Waals surface area contributed by atoms with E-state index in [1.54, 1.807) is 0 Å². The molecule has 0 fully saturated rings. The minimum absolute atomic E-state index is 0. The van der Waals surface area contributed by atoms with Crippen molar-refractivity contribution in [1.29, 1.82) is 0 Å². The number of para-hydroxylation sites is 3. The molecular formula is C88H74N4O2Pt-2. The minimum atomic E-state index is -0.132. The summed E-state index contributed by atoms with van der Waals surface area (Å²) in [7, 11) is 0. The molecule has 95 heavy (non-hydrogen) atoms. The van der Waals surface area contributed by atoms with E-state index in [2.05, 4.69) is 315 Å². The number of hydrogen-bond acceptors (Lipinski definition) is 3. The molecule has 5 heterocycles. The molecule has 7 heteroatoms. The van der Waals surface area contributed by atoms with E-state index in [9.17, 15) is 0 Å². The van der Waals surface area contributed by atoms with Crippen molar-refractivity contribution in [3.05, 3.63) is 271 Å². The smallest absolute Gasteiger partial charge is 0.268 e. The van der Waals surface area contributed by atoms with E-state index in [4.69, 9.17) is 14.1 Å². The molecular weight excluding hydrogens is 1340 g/mol. The summed E-state index contributed by atoms with van der Waals surface area (Å²) < 4.78 is 20.2. The Hall–Kier alpha value is -9.87. The van der Waals surface area contributed by atoms with Gasteiger partial charge < -0.3 is 18.3 Å². The summed E-state index contributed by atoms with van der Waals surface area (Å²) in [5.74, 6) is 1.93.